The van der Waals surface area contributed by atoms with Crippen LogP contribution in [0.15, 0.2) is 103 Å². The number of para-hydroxylation sites is 1. The predicted molar refractivity (Wildman–Crippen MR) is 155 cm³/mol. The molecule has 0 amide bonds. The number of aromatic nitrogens is 3. The van der Waals surface area contributed by atoms with Crippen molar-refractivity contribution in [2.45, 2.75) is 19.3 Å². The number of thiophene rings is 1. The molecule has 0 bridgehead atoms. The Balaban J connectivity index is 1.42. The first kappa shape index (κ1) is 20.9. The molecule has 8 rings (SSSR count). The van der Waals surface area contributed by atoms with Gasteiger partial charge in [0.05, 0.1) is 16.7 Å². The first-order valence-corrected chi connectivity index (χ1v) is 13.4. The third-order valence-corrected chi connectivity index (χ3v) is 9.13. The Morgan fingerprint density at radius 2 is 1.54 bits per heavy atom. The number of imidazole rings is 1. The Hall–Kier alpha value is -4.28. The maximum atomic E-state index is 5.10. The van der Waals surface area contributed by atoms with Gasteiger partial charge in [-0.25, -0.2) is 4.98 Å². The van der Waals surface area contributed by atoms with Gasteiger partial charge in [-0.15, -0.1) is 11.3 Å². The van der Waals surface area contributed by atoms with Crippen LogP contribution >= 0.6 is 11.3 Å². The SMILES string of the molecule is CC1(C)c2cc(-c3cccc4c3sc3ccccc34)ccc2-n2c(-c3ccncc3)nc3cccc1c32. The fraction of sp³-hybridized carbons (Fsp3) is 0.0909. The molecule has 0 N–H and O–H groups in total. The van der Waals surface area contributed by atoms with E-state index in [9.17, 15) is 0 Å². The number of hydrogen-bond acceptors (Lipinski definition) is 3. The molecule has 4 heterocycles. The van der Waals surface area contributed by atoms with Gasteiger partial charge in [0.25, 0.3) is 0 Å². The number of hydrogen-bond donors (Lipinski definition) is 0. The monoisotopic (exact) mass is 493 g/mol. The molecule has 7 aromatic rings. The van der Waals surface area contributed by atoms with Crippen LogP contribution in [0.5, 0.6) is 0 Å². The first-order valence-electron chi connectivity index (χ1n) is 12.6. The molecule has 0 radical (unpaired) electrons. The molecule has 0 aliphatic carbocycles. The van der Waals surface area contributed by atoms with E-state index in [4.69, 9.17) is 4.98 Å². The van der Waals surface area contributed by atoms with E-state index in [0.717, 1.165) is 16.9 Å². The largest absolute Gasteiger partial charge is 0.292 e. The zero-order valence-corrected chi connectivity index (χ0v) is 21.4. The predicted octanol–water partition coefficient (Wildman–Crippen LogP) is 8.76. The summed E-state index contributed by atoms with van der Waals surface area (Å²) in [5, 5.41) is 2.66. The highest BCUT2D eigenvalue weighted by atomic mass is 32.1. The van der Waals surface area contributed by atoms with Gasteiger partial charge in [0.15, 0.2) is 0 Å². The van der Waals surface area contributed by atoms with Gasteiger partial charge >= 0.3 is 0 Å². The van der Waals surface area contributed by atoms with Crippen molar-refractivity contribution in [2.75, 3.05) is 0 Å². The van der Waals surface area contributed by atoms with Crippen LogP contribution in [0.2, 0.25) is 0 Å². The van der Waals surface area contributed by atoms with E-state index >= 15 is 0 Å². The summed E-state index contributed by atoms with van der Waals surface area (Å²) < 4.78 is 5.03. The number of fused-ring (bicyclic) bond motifs is 5. The lowest BCUT2D eigenvalue weighted by atomic mass is 9.74. The Labute approximate surface area is 218 Å². The van der Waals surface area contributed by atoms with Crippen molar-refractivity contribution in [3.05, 3.63) is 115 Å². The highest BCUT2D eigenvalue weighted by molar-refractivity contribution is 7.26. The molecule has 4 aromatic carbocycles. The molecule has 0 atom stereocenters. The molecule has 4 heteroatoms. The second kappa shape index (κ2) is 7.37. The average Bonchev–Trinajstić information content (AvgIpc) is 3.51. The van der Waals surface area contributed by atoms with Gasteiger partial charge < -0.3 is 0 Å². The third-order valence-electron chi connectivity index (χ3n) is 7.91. The Morgan fingerprint density at radius 1 is 0.730 bits per heavy atom. The van der Waals surface area contributed by atoms with Crippen molar-refractivity contribution in [3.63, 3.8) is 0 Å². The summed E-state index contributed by atoms with van der Waals surface area (Å²) in [4.78, 5) is 9.33. The van der Waals surface area contributed by atoms with Crippen LogP contribution in [-0.4, -0.2) is 14.5 Å². The van der Waals surface area contributed by atoms with Crippen molar-refractivity contribution in [1.82, 2.24) is 14.5 Å². The van der Waals surface area contributed by atoms with Crippen LogP contribution < -0.4 is 0 Å². The fourth-order valence-electron chi connectivity index (χ4n) is 6.08. The van der Waals surface area contributed by atoms with Crippen molar-refractivity contribution in [1.29, 1.82) is 0 Å². The van der Waals surface area contributed by atoms with E-state index in [1.165, 1.54) is 53.6 Å². The summed E-state index contributed by atoms with van der Waals surface area (Å²) in [7, 11) is 0. The van der Waals surface area contributed by atoms with Crippen LogP contribution in [0.25, 0.3) is 59.4 Å². The lowest BCUT2D eigenvalue weighted by Crippen LogP contribution is -2.26. The van der Waals surface area contributed by atoms with Gasteiger partial charge in [-0.3, -0.25) is 9.55 Å². The van der Waals surface area contributed by atoms with Gasteiger partial charge in [-0.05, 0) is 58.7 Å². The van der Waals surface area contributed by atoms with E-state index < -0.39 is 0 Å². The summed E-state index contributed by atoms with van der Waals surface area (Å²) in [5.41, 5.74) is 9.51. The zero-order valence-electron chi connectivity index (χ0n) is 20.6. The van der Waals surface area contributed by atoms with E-state index in [1.54, 1.807) is 0 Å². The summed E-state index contributed by atoms with van der Waals surface area (Å²) in [5.74, 6) is 0.959. The minimum Gasteiger partial charge on any atom is -0.292 e. The van der Waals surface area contributed by atoms with Crippen LogP contribution in [0.3, 0.4) is 0 Å². The smallest absolute Gasteiger partial charge is 0.145 e. The number of rotatable bonds is 2. The van der Waals surface area contributed by atoms with Crippen LogP contribution in [0.1, 0.15) is 25.0 Å². The molecular formula is C33H23N3S. The lowest BCUT2D eigenvalue weighted by molar-refractivity contribution is 0.629. The van der Waals surface area contributed by atoms with E-state index in [1.807, 2.05) is 35.9 Å². The highest BCUT2D eigenvalue weighted by Gasteiger charge is 2.36. The summed E-state index contributed by atoms with van der Waals surface area (Å²) in [6.45, 7) is 4.68. The summed E-state index contributed by atoms with van der Waals surface area (Å²) in [6, 6.07) is 33.0. The average molecular weight is 494 g/mol. The number of benzene rings is 4. The van der Waals surface area contributed by atoms with Crippen molar-refractivity contribution < 1.29 is 0 Å². The van der Waals surface area contributed by atoms with Gasteiger partial charge in [0, 0.05) is 43.5 Å². The van der Waals surface area contributed by atoms with Gasteiger partial charge in [0.2, 0.25) is 0 Å². The Morgan fingerprint density at radius 3 is 2.43 bits per heavy atom. The number of nitrogens with zero attached hydrogens (tertiary/aromatic N) is 3. The summed E-state index contributed by atoms with van der Waals surface area (Å²) in [6.07, 6.45) is 3.68. The molecule has 0 saturated carbocycles. The molecule has 37 heavy (non-hydrogen) atoms. The van der Waals surface area contributed by atoms with Gasteiger partial charge in [0.1, 0.15) is 5.82 Å². The molecule has 0 unspecified atom stereocenters. The van der Waals surface area contributed by atoms with Gasteiger partial charge in [-0.1, -0.05) is 68.4 Å². The summed E-state index contributed by atoms with van der Waals surface area (Å²) >= 11 is 1.88. The van der Waals surface area contributed by atoms with Crippen molar-refractivity contribution in [3.8, 4) is 28.2 Å². The Bertz CT molecular complexity index is 2010. The molecule has 0 saturated heterocycles. The van der Waals surface area contributed by atoms with Crippen molar-refractivity contribution >= 4 is 42.5 Å². The zero-order chi connectivity index (χ0) is 24.7. The van der Waals surface area contributed by atoms with Gasteiger partial charge in [-0.2, -0.15) is 0 Å². The minimum atomic E-state index is -0.162. The second-order valence-corrected chi connectivity index (χ2v) is 11.4. The highest BCUT2D eigenvalue weighted by Crippen LogP contribution is 2.48. The molecule has 176 valence electrons. The quantitative estimate of drug-likeness (QED) is 0.241. The molecule has 0 spiro atoms. The lowest BCUT2D eigenvalue weighted by Gasteiger charge is -2.35. The molecule has 3 aromatic heterocycles. The Kier molecular flexibility index (Phi) is 4.16. The van der Waals surface area contributed by atoms with E-state index in [-0.39, 0.29) is 5.41 Å². The van der Waals surface area contributed by atoms with E-state index in [2.05, 4.69) is 102 Å². The minimum absolute atomic E-state index is 0.162. The van der Waals surface area contributed by atoms with Crippen molar-refractivity contribution in [2.24, 2.45) is 0 Å². The number of pyridine rings is 1. The maximum Gasteiger partial charge on any atom is 0.145 e. The first-order chi connectivity index (χ1) is 18.1. The molecule has 1 aliphatic rings. The maximum absolute atomic E-state index is 5.10. The third kappa shape index (κ3) is 2.82. The molecular weight excluding hydrogens is 470 g/mol. The normalized spacial score (nSPS) is 13.9. The standard InChI is InChI=1S/C33H23N3S/c1-33(2)25-10-6-11-27-30(25)36(32(35-27)20-15-17-34-18-16-20)28-14-13-21(19-26(28)33)22-8-5-9-24-23-7-3-4-12-29(23)37-31(22)24/h3-19H,1-2H3. The topological polar surface area (TPSA) is 30.7 Å². The molecule has 0 fully saturated rings. The van der Waals surface area contributed by atoms with Crippen LogP contribution in [0, 0.1) is 0 Å². The van der Waals surface area contributed by atoms with Crippen LogP contribution in [0.4, 0.5) is 0 Å². The fourth-order valence-corrected chi connectivity index (χ4v) is 7.32. The van der Waals surface area contributed by atoms with E-state index in [0.29, 0.717) is 0 Å². The molecule has 1 aliphatic heterocycles. The molecule has 3 nitrogen and oxygen atoms in total. The van der Waals surface area contributed by atoms with Crippen LogP contribution in [-0.2, 0) is 5.41 Å². The second-order valence-electron chi connectivity index (χ2n) is 10.3.